The highest BCUT2D eigenvalue weighted by molar-refractivity contribution is 5.73. The monoisotopic (exact) mass is 218 g/mol. The number of hydrogen-bond acceptors (Lipinski definition) is 6. The summed E-state index contributed by atoms with van der Waals surface area (Å²) in [7, 11) is 0. The van der Waals surface area contributed by atoms with Gasteiger partial charge in [0.2, 0.25) is 5.39 Å². The number of aliphatic hydroxyl groups is 2. The molecule has 2 atom stereocenters. The number of aliphatic hydroxyl groups excluding tert-OH is 2. The van der Waals surface area contributed by atoms with Gasteiger partial charge >= 0.3 is 17.6 Å². The van der Waals surface area contributed by atoms with E-state index in [2.05, 4.69) is 9.71 Å². The molecular formula is C7H12N3O5+. The van der Waals surface area contributed by atoms with E-state index in [0.717, 1.165) is 0 Å². The third kappa shape index (κ3) is 4.26. The van der Waals surface area contributed by atoms with Crippen LogP contribution in [0.2, 0.25) is 0 Å². The normalized spacial score (nSPS) is 15.9. The van der Waals surface area contributed by atoms with E-state index >= 15 is 0 Å². The lowest BCUT2D eigenvalue weighted by atomic mass is 10.3. The van der Waals surface area contributed by atoms with Gasteiger partial charge in [0, 0.05) is 0 Å². The molecule has 0 aliphatic rings. The van der Waals surface area contributed by atoms with Crippen LogP contribution in [-0.4, -0.2) is 40.0 Å². The first-order valence-electron chi connectivity index (χ1n) is 3.97. The van der Waals surface area contributed by atoms with Crippen molar-refractivity contribution in [3.8, 4) is 0 Å². The minimum atomic E-state index is -1.32. The molecule has 0 aromatic carbocycles. The summed E-state index contributed by atoms with van der Waals surface area (Å²) in [5.74, 6) is -2.17. The number of ether oxygens (including phenoxy) is 1. The van der Waals surface area contributed by atoms with Gasteiger partial charge in [-0.25, -0.2) is 0 Å². The zero-order valence-electron chi connectivity index (χ0n) is 7.99. The molecule has 8 nitrogen and oxygen atoms in total. The molecule has 84 valence electrons. The third-order valence-corrected chi connectivity index (χ3v) is 1.44. The standard InChI is InChI=1S/C7H11N3O5/c1-3(11)5(10-9)7(14)15-2-4(8)6(12)13/h3-4,11H,2,8H2,1H3,(H-,12,13,14)/p+1/b7-5-/t3-,4+/m1/s1. The quantitative estimate of drug-likeness (QED) is 0.355. The minimum Gasteiger partial charge on any atom is -0.480 e. The number of carbonyl (C=O) groups is 1. The van der Waals surface area contributed by atoms with Gasteiger partial charge in [-0.1, -0.05) is 0 Å². The van der Waals surface area contributed by atoms with Gasteiger partial charge in [-0.2, -0.15) is 0 Å². The predicted molar refractivity (Wildman–Crippen MR) is 48.0 cm³/mol. The van der Waals surface area contributed by atoms with Crippen molar-refractivity contribution in [2.24, 2.45) is 5.73 Å². The van der Waals surface area contributed by atoms with Gasteiger partial charge < -0.3 is 25.8 Å². The molecule has 0 heterocycles. The minimum absolute atomic E-state index is 0.507. The van der Waals surface area contributed by atoms with E-state index < -0.39 is 36.4 Å². The largest absolute Gasteiger partial charge is 0.480 e. The van der Waals surface area contributed by atoms with Crippen molar-refractivity contribution in [1.29, 1.82) is 5.39 Å². The Morgan fingerprint density at radius 2 is 2.13 bits per heavy atom. The van der Waals surface area contributed by atoms with Gasteiger partial charge in [0.05, 0.1) is 0 Å². The first-order valence-corrected chi connectivity index (χ1v) is 3.97. The molecule has 0 saturated heterocycles. The van der Waals surface area contributed by atoms with Gasteiger partial charge in [0.15, 0.2) is 11.1 Å². The van der Waals surface area contributed by atoms with Crippen LogP contribution < -0.4 is 5.73 Å². The van der Waals surface area contributed by atoms with Crippen LogP contribution in [0.5, 0.6) is 0 Å². The lowest BCUT2D eigenvalue weighted by Crippen LogP contribution is -2.35. The van der Waals surface area contributed by atoms with E-state index in [0.29, 0.717) is 0 Å². The second kappa shape index (κ2) is 5.79. The summed E-state index contributed by atoms with van der Waals surface area (Å²) >= 11 is 0. The van der Waals surface area contributed by atoms with Gasteiger partial charge in [0.1, 0.15) is 12.6 Å². The zero-order valence-corrected chi connectivity index (χ0v) is 7.99. The molecule has 0 amide bonds. The van der Waals surface area contributed by atoms with E-state index in [1.54, 1.807) is 0 Å². The number of carboxylic acids is 1. The number of aliphatic carboxylic acids is 1. The molecule has 0 aromatic rings. The summed E-state index contributed by atoms with van der Waals surface area (Å²) in [5.41, 5.74) is 4.56. The number of hydrogen-bond donors (Lipinski definition) is 4. The molecule has 0 bridgehead atoms. The smallest absolute Gasteiger partial charge is 0.468 e. The second-order valence-corrected chi connectivity index (χ2v) is 2.72. The molecule has 15 heavy (non-hydrogen) atoms. The first kappa shape index (κ1) is 13.2. The van der Waals surface area contributed by atoms with Gasteiger partial charge in [-0.05, 0) is 6.92 Å². The molecule has 0 rings (SSSR count). The average molecular weight is 218 g/mol. The van der Waals surface area contributed by atoms with Crippen molar-refractivity contribution >= 4 is 5.97 Å². The molecule has 0 spiro atoms. The highest BCUT2D eigenvalue weighted by atomic mass is 16.6. The fourth-order valence-electron chi connectivity index (χ4n) is 0.619. The number of nitrogens with two attached hydrogens (primary N) is 1. The Balaban J connectivity index is 4.42. The van der Waals surface area contributed by atoms with Crippen LogP contribution in [0.1, 0.15) is 6.92 Å². The molecule has 8 heteroatoms. The number of rotatable bonds is 5. The molecule has 0 saturated carbocycles. The Kier molecular flexibility index (Phi) is 5.08. The maximum Gasteiger partial charge on any atom is 0.468 e. The number of nitrogens with zero attached hydrogens (tertiary/aromatic N) is 2. The summed E-state index contributed by atoms with van der Waals surface area (Å²) in [6.45, 7) is 0.721. The summed E-state index contributed by atoms with van der Waals surface area (Å²) in [4.78, 5) is 12.8. The van der Waals surface area contributed by atoms with Crippen LogP contribution in [0.25, 0.3) is 4.98 Å². The van der Waals surface area contributed by atoms with E-state index in [1.165, 1.54) is 6.92 Å². The van der Waals surface area contributed by atoms with Crippen LogP contribution in [0.4, 0.5) is 0 Å². The highest BCUT2D eigenvalue weighted by Crippen LogP contribution is 2.09. The van der Waals surface area contributed by atoms with Crippen molar-refractivity contribution in [3.63, 3.8) is 0 Å². The second-order valence-electron chi connectivity index (χ2n) is 2.72. The fraction of sp³-hybridized carbons (Fsp3) is 0.571. The zero-order chi connectivity index (χ0) is 12.0. The van der Waals surface area contributed by atoms with Crippen molar-refractivity contribution in [2.75, 3.05) is 6.61 Å². The topological polar surface area (TPSA) is 141 Å². The molecule has 0 aliphatic heterocycles. The summed E-state index contributed by atoms with van der Waals surface area (Å²) in [6.07, 6.45) is -1.25. The van der Waals surface area contributed by atoms with Crippen LogP contribution in [0, 0.1) is 5.39 Å². The van der Waals surface area contributed by atoms with Crippen LogP contribution >= 0.6 is 0 Å². The van der Waals surface area contributed by atoms with Crippen molar-refractivity contribution in [3.05, 3.63) is 16.6 Å². The highest BCUT2D eigenvalue weighted by Gasteiger charge is 2.27. The third-order valence-electron chi connectivity index (χ3n) is 1.44. The van der Waals surface area contributed by atoms with Crippen molar-refractivity contribution in [1.82, 2.24) is 0 Å². The molecule has 0 fully saturated rings. The fourth-order valence-corrected chi connectivity index (χ4v) is 0.619. The van der Waals surface area contributed by atoms with Crippen LogP contribution in [0.15, 0.2) is 11.6 Å². The van der Waals surface area contributed by atoms with E-state index in [1.807, 2.05) is 0 Å². The maximum atomic E-state index is 10.3. The first-order chi connectivity index (χ1) is 6.90. The Bertz CT molecular complexity index is 306. The summed E-state index contributed by atoms with van der Waals surface area (Å²) in [5, 5.41) is 34.8. The SMILES string of the molecule is C[C@@H](O)/C([N+]#N)=C(\O)OC[C@H](N)C(=O)O. The molecule has 5 N–H and O–H groups in total. The van der Waals surface area contributed by atoms with E-state index in [9.17, 15) is 4.79 Å². The molecule has 0 unspecified atom stereocenters. The van der Waals surface area contributed by atoms with Gasteiger partial charge in [-0.15, -0.1) is 0 Å². The van der Waals surface area contributed by atoms with Crippen LogP contribution in [0.3, 0.4) is 0 Å². The molecule has 0 aliphatic carbocycles. The van der Waals surface area contributed by atoms with E-state index in [-0.39, 0.29) is 0 Å². The average Bonchev–Trinajstić information content (AvgIpc) is 2.14. The Labute approximate surface area is 85.2 Å². The molecule has 0 aromatic heterocycles. The van der Waals surface area contributed by atoms with Gasteiger partial charge in [0.25, 0.3) is 0 Å². The number of carboxylic acid groups (broad SMARTS) is 1. The lowest BCUT2D eigenvalue weighted by Gasteiger charge is -2.06. The van der Waals surface area contributed by atoms with Crippen molar-refractivity contribution < 1.29 is 24.9 Å². The number of diazo groups is 1. The van der Waals surface area contributed by atoms with E-state index in [4.69, 9.17) is 26.4 Å². The van der Waals surface area contributed by atoms with Crippen molar-refractivity contribution in [2.45, 2.75) is 19.1 Å². The predicted octanol–water partition coefficient (Wildman–Crippen LogP) is -0.624. The molecular weight excluding hydrogens is 206 g/mol. The Morgan fingerprint density at radius 1 is 1.60 bits per heavy atom. The Hall–Kier alpha value is -1.85. The maximum absolute atomic E-state index is 10.3. The summed E-state index contributed by atoms with van der Waals surface area (Å²) < 4.78 is 4.50. The van der Waals surface area contributed by atoms with Crippen LogP contribution in [-0.2, 0) is 9.53 Å². The van der Waals surface area contributed by atoms with Gasteiger partial charge in [-0.3, -0.25) is 4.79 Å². The molecule has 0 radical (unpaired) electrons. The lowest BCUT2D eigenvalue weighted by molar-refractivity contribution is -0.139. The Morgan fingerprint density at radius 3 is 2.47 bits per heavy atom. The summed E-state index contributed by atoms with van der Waals surface area (Å²) in [6, 6.07) is -1.32.